The van der Waals surface area contributed by atoms with Crippen LogP contribution in [0.1, 0.15) is 12.8 Å². The number of carbonyl (C=O) groups is 1. The molecule has 1 atom stereocenters. The van der Waals surface area contributed by atoms with Crippen LogP contribution in [0, 0.1) is 5.92 Å². The van der Waals surface area contributed by atoms with E-state index in [0.717, 1.165) is 6.54 Å². The number of hydrazine groups is 1. The predicted molar refractivity (Wildman–Crippen MR) is 34.1 cm³/mol. The molecule has 0 spiro atoms. The van der Waals surface area contributed by atoms with Crippen molar-refractivity contribution < 1.29 is 9.53 Å². The van der Waals surface area contributed by atoms with Gasteiger partial charge in [0.15, 0.2) is 0 Å². The molecule has 1 saturated heterocycles. The summed E-state index contributed by atoms with van der Waals surface area (Å²) in [6, 6.07) is 0. The fraction of sp³-hybridized carbons (Fsp3) is 0.833. The lowest BCUT2D eigenvalue weighted by molar-refractivity contribution is 0.0566. The molecule has 1 aliphatic carbocycles. The molecule has 1 heterocycles. The molecule has 0 aromatic heterocycles. The van der Waals surface area contributed by atoms with Gasteiger partial charge in [0.2, 0.25) is 0 Å². The van der Waals surface area contributed by atoms with Crippen molar-refractivity contribution in [2.75, 3.05) is 6.54 Å². The van der Waals surface area contributed by atoms with Crippen molar-refractivity contribution in [1.29, 1.82) is 0 Å². The normalized spacial score (nSPS) is 32.8. The lowest BCUT2D eigenvalue weighted by Crippen LogP contribution is -2.50. The third-order valence-electron chi connectivity index (χ3n) is 1.90. The Kier molecular flexibility index (Phi) is 1.27. The highest BCUT2D eigenvalue weighted by Gasteiger charge is 2.35. The van der Waals surface area contributed by atoms with Crippen molar-refractivity contribution in [2.24, 2.45) is 5.92 Å². The Morgan fingerprint density at radius 2 is 2.30 bits per heavy atom. The Morgan fingerprint density at radius 1 is 1.50 bits per heavy atom. The van der Waals surface area contributed by atoms with Crippen molar-refractivity contribution in [2.45, 2.75) is 18.9 Å². The summed E-state index contributed by atoms with van der Waals surface area (Å²) in [7, 11) is 0. The number of hydrogen-bond donors (Lipinski definition) is 2. The van der Waals surface area contributed by atoms with Gasteiger partial charge in [-0.15, -0.1) is 0 Å². The summed E-state index contributed by atoms with van der Waals surface area (Å²) in [4.78, 5) is 10.6. The summed E-state index contributed by atoms with van der Waals surface area (Å²) >= 11 is 0. The summed E-state index contributed by atoms with van der Waals surface area (Å²) in [5, 5.41) is 0. The van der Waals surface area contributed by atoms with Crippen LogP contribution in [0.5, 0.6) is 0 Å². The van der Waals surface area contributed by atoms with E-state index in [1.807, 2.05) is 0 Å². The first-order valence-electron chi connectivity index (χ1n) is 3.56. The van der Waals surface area contributed by atoms with Gasteiger partial charge in [-0.25, -0.2) is 10.2 Å². The molecule has 2 aliphatic rings. The molecule has 1 saturated carbocycles. The molecule has 2 fully saturated rings. The minimum absolute atomic E-state index is 0.119. The maximum absolute atomic E-state index is 10.6. The number of nitrogens with one attached hydrogen (secondary N) is 2. The van der Waals surface area contributed by atoms with Crippen LogP contribution < -0.4 is 10.9 Å². The van der Waals surface area contributed by atoms with Crippen LogP contribution in [0.3, 0.4) is 0 Å². The number of amides is 1. The molecule has 4 nitrogen and oxygen atoms in total. The van der Waals surface area contributed by atoms with E-state index in [0.29, 0.717) is 5.92 Å². The average Bonchev–Trinajstić information content (AvgIpc) is 2.68. The smallest absolute Gasteiger partial charge is 0.421 e. The van der Waals surface area contributed by atoms with E-state index in [4.69, 9.17) is 4.74 Å². The van der Waals surface area contributed by atoms with Gasteiger partial charge in [0, 0.05) is 0 Å². The maximum atomic E-state index is 10.6. The zero-order valence-corrected chi connectivity index (χ0v) is 5.59. The fourth-order valence-corrected chi connectivity index (χ4v) is 1.16. The highest BCUT2D eigenvalue weighted by molar-refractivity contribution is 5.67. The molecule has 1 aliphatic heterocycles. The van der Waals surface area contributed by atoms with Crippen LogP contribution in [0.2, 0.25) is 0 Å². The lowest BCUT2D eigenvalue weighted by Gasteiger charge is -2.23. The topological polar surface area (TPSA) is 50.4 Å². The third-order valence-corrected chi connectivity index (χ3v) is 1.90. The molecule has 1 unspecified atom stereocenters. The van der Waals surface area contributed by atoms with Crippen molar-refractivity contribution in [3.8, 4) is 0 Å². The first-order chi connectivity index (χ1) is 4.86. The van der Waals surface area contributed by atoms with Crippen LogP contribution in [-0.2, 0) is 4.74 Å². The Hall–Kier alpha value is -0.770. The van der Waals surface area contributed by atoms with Crippen molar-refractivity contribution in [3.63, 3.8) is 0 Å². The summed E-state index contributed by atoms with van der Waals surface area (Å²) < 4.78 is 5.00. The molecule has 56 valence electrons. The van der Waals surface area contributed by atoms with Gasteiger partial charge in [0.25, 0.3) is 0 Å². The van der Waals surface area contributed by atoms with Crippen molar-refractivity contribution >= 4 is 6.09 Å². The molecular weight excluding hydrogens is 132 g/mol. The number of hydrogen-bond acceptors (Lipinski definition) is 3. The molecule has 2 N–H and O–H groups in total. The van der Waals surface area contributed by atoms with Gasteiger partial charge in [0.05, 0.1) is 6.54 Å². The highest BCUT2D eigenvalue weighted by atomic mass is 16.6. The minimum Gasteiger partial charge on any atom is -0.444 e. The maximum Gasteiger partial charge on any atom is 0.421 e. The summed E-state index contributed by atoms with van der Waals surface area (Å²) in [6.07, 6.45) is 2.19. The average molecular weight is 142 g/mol. The Labute approximate surface area is 58.9 Å². The van der Waals surface area contributed by atoms with Crippen LogP contribution in [0.25, 0.3) is 0 Å². The van der Waals surface area contributed by atoms with E-state index in [2.05, 4.69) is 10.9 Å². The van der Waals surface area contributed by atoms with Gasteiger partial charge < -0.3 is 4.74 Å². The second-order valence-corrected chi connectivity index (χ2v) is 2.79. The Bertz CT molecular complexity index is 156. The number of cyclic esters (lactones) is 1. The molecule has 2 rings (SSSR count). The molecule has 10 heavy (non-hydrogen) atoms. The number of ether oxygens (including phenoxy) is 1. The first kappa shape index (κ1) is 5.97. The zero-order valence-electron chi connectivity index (χ0n) is 5.59. The van der Waals surface area contributed by atoms with Crippen molar-refractivity contribution in [1.82, 2.24) is 10.9 Å². The van der Waals surface area contributed by atoms with E-state index >= 15 is 0 Å². The van der Waals surface area contributed by atoms with Crippen LogP contribution in [0.15, 0.2) is 0 Å². The number of carbonyl (C=O) groups excluding carboxylic acids is 1. The highest BCUT2D eigenvalue weighted by Crippen LogP contribution is 2.34. The second kappa shape index (κ2) is 2.12. The molecule has 0 aromatic carbocycles. The Balaban J connectivity index is 1.89. The van der Waals surface area contributed by atoms with Crippen LogP contribution >= 0.6 is 0 Å². The third kappa shape index (κ3) is 1.07. The summed E-state index contributed by atoms with van der Waals surface area (Å²) in [5.74, 6) is 0.624. The minimum atomic E-state index is -0.344. The van der Waals surface area contributed by atoms with Gasteiger partial charge in [-0.05, 0) is 18.8 Å². The zero-order chi connectivity index (χ0) is 6.97. The van der Waals surface area contributed by atoms with Gasteiger partial charge in [0.1, 0.15) is 6.10 Å². The molecule has 0 bridgehead atoms. The monoisotopic (exact) mass is 142 g/mol. The first-order valence-corrected chi connectivity index (χ1v) is 3.56. The molecule has 0 radical (unpaired) electrons. The van der Waals surface area contributed by atoms with Crippen molar-refractivity contribution in [3.05, 3.63) is 0 Å². The summed E-state index contributed by atoms with van der Waals surface area (Å²) in [5.41, 5.74) is 5.16. The fourth-order valence-electron chi connectivity index (χ4n) is 1.16. The quantitative estimate of drug-likeness (QED) is 0.542. The van der Waals surface area contributed by atoms with E-state index in [1.165, 1.54) is 12.8 Å². The second-order valence-electron chi connectivity index (χ2n) is 2.79. The van der Waals surface area contributed by atoms with E-state index < -0.39 is 0 Å². The van der Waals surface area contributed by atoms with E-state index in [9.17, 15) is 4.79 Å². The van der Waals surface area contributed by atoms with Gasteiger partial charge in [-0.3, -0.25) is 5.43 Å². The number of rotatable bonds is 1. The van der Waals surface area contributed by atoms with E-state index in [-0.39, 0.29) is 12.2 Å². The predicted octanol–water partition coefficient (Wildman–Crippen LogP) is 0.00940. The van der Waals surface area contributed by atoms with Gasteiger partial charge in [-0.1, -0.05) is 0 Å². The van der Waals surface area contributed by atoms with Gasteiger partial charge >= 0.3 is 6.09 Å². The molecular formula is C6H10N2O2. The standard InChI is InChI=1S/C6H10N2O2/c9-6-8-7-3-5(10-6)4-1-2-4/h4-5,7H,1-3H2,(H,8,9). The Morgan fingerprint density at radius 3 is 2.90 bits per heavy atom. The lowest BCUT2D eigenvalue weighted by atomic mass is 10.2. The van der Waals surface area contributed by atoms with Crippen LogP contribution in [0.4, 0.5) is 4.79 Å². The van der Waals surface area contributed by atoms with Gasteiger partial charge in [-0.2, -0.15) is 0 Å². The SMILES string of the molecule is O=C1NNCC(C2CC2)O1. The molecule has 0 aromatic rings. The summed E-state index contributed by atoms with van der Waals surface area (Å²) in [6.45, 7) is 0.746. The van der Waals surface area contributed by atoms with Crippen LogP contribution in [-0.4, -0.2) is 18.7 Å². The largest absolute Gasteiger partial charge is 0.444 e. The van der Waals surface area contributed by atoms with E-state index in [1.54, 1.807) is 0 Å². The molecule has 1 amide bonds. The molecule has 4 heteroatoms.